The van der Waals surface area contributed by atoms with E-state index in [2.05, 4.69) is 10.4 Å². The normalized spacial score (nSPS) is 17.0. The van der Waals surface area contributed by atoms with Crippen molar-refractivity contribution in [2.75, 3.05) is 26.7 Å². The van der Waals surface area contributed by atoms with Gasteiger partial charge in [-0.15, -0.1) is 12.4 Å². The summed E-state index contributed by atoms with van der Waals surface area (Å²) in [5, 5.41) is 8.49. The van der Waals surface area contributed by atoms with E-state index in [9.17, 15) is 4.79 Å². The SMILES string of the molecule is CNCC1CCN(C(=O)c2ccn(-c3ccc(Cl)c(Cl)c3)n2)C1.Cl. The van der Waals surface area contributed by atoms with Gasteiger partial charge in [-0.1, -0.05) is 23.2 Å². The Bertz CT molecular complexity index is 719. The molecular weight excluding hydrogens is 371 g/mol. The lowest BCUT2D eigenvalue weighted by atomic mass is 10.1. The summed E-state index contributed by atoms with van der Waals surface area (Å²) >= 11 is 11.9. The van der Waals surface area contributed by atoms with Gasteiger partial charge in [-0.05, 0) is 50.2 Å². The van der Waals surface area contributed by atoms with Gasteiger partial charge in [-0.3, -0.25) is 4.79 Å². The number of carbonyl (C=O) groups excluding carboxylic acids is 1. The summed E-state index contributed by atoms with van der Waals surface area (Å²) in [5.41, 5.74) is 1.22. The first kappa shape index (κ1) is 19.1. The third-order valence-electron chi connectivity index (χ3n) is 4.04. The third kappa shape index (κ3) is 4.03. The molecule has 24 heavy (non-hydrogen) atoms. The summed E-state index contributed by atoms with van der Waals surface area (Å²) in [7, 11) is 1.93. The molecule has 0 radical (unpaired) electrons. The molecule has 2 heterocycles. The van der Waals surface area contributed by atoms with E-state index in [0.29, 0.717) is 21.7 Å². The van der Waals surface area contributed by atoms with Gasteiger partial charge >= 0.3 is 0 Å². The Kier molecular flexibility index (Phi) is 6.52. The molecule has 1 atom stereocenters. The van der Waals surface area contributed by atoms with E-state index in [1.54, 1.807) is 29.1 Å². The molecule has 0 bridgehead atoms. The molecular formula is C16H19Cl3N4O. The maximum Gasteiger partial charge on any atom is 0.274 e. The predicted molar refractivity (Wildman–Crippen MR) is 98.8 cm³/mol. The Morgan fingerprint density at radius 3 is 2.83 bits per heavy atom. The number of hydrogen-bond acceptors (Lipinski definition) is 3. The number of amides is 1. The number of rotatable bonds is 4. The minimum Gasteiger partial charge on any atom is -0.337 e. The second-order valence-electron chi connectivity index (χ2n) is 5.71. The Morgan fingerprint density at radius 1 is 1.33 bits per heavy atom. The lowest BCUT2D eigenvalue weighted by Gasteiger charge is -2.15. The van der Waals surface area contributed by atoms with Gasteiger partial charge in [0.2, 0.25) is 0 Å². The van der Waals surface area contributed by atoms with Gasteiger partial charge in [0.15, 0.2) is 5.69 Å². The number of nitrogens with zero attached hydrogens (tertiary/aromatic N) is 3. The maximum atomic E-state index is 12.5. The van der Waals surface area contributed by atoms with Crippen molar-refractivity contribution in [3.05, 3.63) is 46.2 Å². The van der Waals surface area contributed by atoms with Gasteiger partial charge in [-0.2, -0.15) is 5.10 Å². The van der Waals surface area contributed by atoms with Crippen LogP contribution in [0.15, 0.2) is 30.5 Å². The zero-order valence-electron chi connectivity index (χ0n) is 13.2. The number of benzene rings is 1. The molecule has 3 rings (SSSR count). The molecule has 1 unspecified atom stereocenters. The van der Waals surface area contributed by atoms with E-state index in [-0.39, 0.29) is 18.3 Å². The molecule has 1 aliphatic heterocycles. The second kappa shape index (κ2) is 8.21. The van der Waals surface area contributed by atoms with Crippen LogP contribution in [0, 0.1) is 5.92 Å². The molecule has 1 N–H and O–H groups in total. The molecule has 130 valence electrons. The van der Waals surface area contributed by atoms with Crippen LogP contribution >= 0.6 is 35.6 Å². The summed E-state index contributed by atoms with van der Waals surface area (Å²) in [4.78, 5) is 14.4. The number of halogens is 3. The number of nitrogens with one attached hydrogen (secondary N) is 1. The van der Waals surface area contributed by atoms with Crippen molar-refractivity contribution < 1.29 is 4.79 Å². The minimum absolute atomic E-state index is 0. The van der Waals surface area contributed by atoms with Gasteiger partial charge in [0.05, 0.1) is 15.7 Å². The molecule has 0 saturated carbocycles. The molecule has 2 aromatic rings. The Balaban J connectivity index is 0.00000208. The number of likely N-dealkylation sites (tertiary alicyclic amines) is 1. The van der Waals surface area contributed by atoms with E-state index < -0.39 is 0 Å². The van der Waals surface area contributed by atoms with Crippen molar-refractivity contribution in [3.63, 3.8) is 0 Å². The van der Waals surface area contributed by atoms with Crippen molar-refractivity contribution in [1.82, 2.24) is 20.0 Å². The van der Waals surface area contributed by atoms with Crippen molar-refractivity contribution in [2.45, 2.75) is 6.42 Å². The van der Waals surface area contributed by atoms with E-state index in [0.717, 1.165) is 31.7 Å². The quantitative estimate of drug-likeness (QED) is 0.873. The highest BCUT2D eigenvalue weighted by Gasteiger charge is 2.27. The lowest BCUT2D eigenvalue weighted by molar-refractivity contribution is 0.0781. The molecule has 0 aliphatic carbocycles. The fourth-order valence-electron chi connectivity index (χ4n) is 2.84. The zero-order chi connectivity index (χ0) is 16.4. The highest BCUT2D eigenvalue weighted by Crippen LogP contribution is 2.24. The van der Waals surface area contributed by atoms with Gasteiger partial charge in [0.1, 0.15) is 0 Å². The summed E-state index contributed by atoms with van der Waals surface area (Å²) in [6.07, 6.45) is 2.79. The molecule has 8 heteroatoms. The van der Waals surface area contributed by atoms with E-state index in [1.807, 2.05) is 18.0 Å². The van der Waals surface area contributed by atoms with E-state index in [4.69, 9.17) is 23.2 Å². The molecule has 1 aromatic heterocycles. The monoisotopic (exact) mass is 388 g/mol. The van der Waals surface area contributed by atoms with Crippen LogP contribution in [0.25, 0.3) is 5.69 Å². The fourth-order valence-corrected chi connectivity index (χ4v) is 3.14. The Labute approximate surface area is 157 Å². The smallest absolute Gasteiger partial charge is 0.274 e. The van der Waals surface area contributed by atoms with Crippen LogP contribution in [0.4, 0.5) is 0 Å². The molecule has 1 saturated heterocycles. The fraction of sp³-hybridized carbons (Fsp3) is 0.375. The maximum absolute atomic E-state index is 12.5. The van der Waals surface area contributed by atoms with E-state index in [1.165, 1.54) is 0 Å². The van der Waals surface area contributed by atoms with Crippen molar-refractivity contribution in [2.24, 2.45) is 5.92 Å². The molecule has 1 amide bonds. The summed E-state index contributed by atoms with van der Waals surface area (Å²) in [5.74, 6) is 0.489. The topological polar surface area (TPSA) is 50.2 Å². The average molecular weight is 390 g/mol. The van der Waals surface area contributed by atoms with Crippen LogP contribution in [0.1, 0.15) is 16.9 Å². The highest BCUT2D eigenvalue weighted by atomic mass is 35.5. The van der Waals surface area contributed by atoms with Crippen molar-refractivity contribution in [1.29, 1.82) is 0 Å². The number of hydrogen-bond donors (Lipinski definition) is 1. The molecule has 5 nitrogen and oxygen atoms in total. The first-order chi connectivity index (χ1) is 11.1. The van der Waals surface area contributed by atoms with Crippen LogP contribution in [0.3, 0.4) is 0 Å². The van der Waals surface area contributed by atoms with Crippen LogP contribution in [-0.4, -0.2) is 47.3 Å². The van der Waals surface area contributed by atoms with Crippen molar-refractivity contribution >= 4 is 41.5 Å². The average Bonchev–Trinajstić information content (AvgIpc) is 3.19. The number of aromatic nitrogens is 2. The van der Waals surface area contributed by atoms with Gasteiger partial charge in [0, 0.05) is 19.3 Å². The second-order valence-corrected chi connectivity index (χ2v) is 6.52. The predicted octanol–water partition coefficient (Wildman–Crippen LogP) is 3.28. The minimum atomic E-state index is -0.0255. The van der Waals surface area contributed by atoms with Crippen LogP contribution < -0.4 is 5.32 Å². The highest BCUT2D eigenvalue weighted by molar-refractivity contribution is 6.42. The van der Waals surface area contributed by atoms with Crippen LogP contribution in [0.5, 0.6) is 0 Å². The van der Waals surface area contributed by atoms with Crippen LogP contribution in [-0.2, 0) is 0 Å². The Hall–Kier alpha value is -1.27. The molecule has 1 fully saturated rings. The largest absolute Gasteiger partial charge is 0.337 e. The molecule has 1 aromatic carbocycles. The van der Waals surface area contributed by atoms with E-state index >= 15 is 0 Å². The first-order valence-corrected chi connectivity index (χ1v) is 8.29. The summed E-state index contributed by atoms with van der Waals surface area (Å²) < 4.78 is 1.64. The van der Waals surface area contributed by atoms with Gasteiger partial charge in [-0.25, -0.2) is 4.68 Å². The lowest BCUT2D eigenvalue weighted by Crippen LogP contribution is -2.30. The van der Waals surface area contributed by atoms with Crippen molar-refractivity contribution in [3.8, 4) is 5.69 Å². The third-order valence-corrected chi connectivity index (χ3v) is 4.78. The first-order valence-electron chi connectivity index (χ1n) is 7.53. The molecule has 1 aliphatic rings. The summed E-state index contributed by atoms with van der Waals surface area (Å²) in [6.45, 7) is 2.49. The Morgan fingerprint density at radius 2 is 2.12 bits per heavy atom. The van der Waals surface area contributed by atoms with Gasteiger partial charge < -0.3 is 10.2 Å². The number of carbonyl (C=O) groups is 1. The van der Waals surface area contributed by atoms with Gasteiger partial charge in [0.25, 0.3) is 5.91 Å². The summed E-state index contributed by atoms with van der Waals surface area (Å²) in [6, 6.07) is 6.99. The zero-order valence-corrected chi connectivity index (χ0v) is 15.5. The standard InChI is InChI=1S/C16H18Cl2N4O.ClH/c1-19-9-11-4-6-21(10-11)16(23)15-5-7-22(20-15)12-2-3-13(17)14(18)8-12;/h2-3,5,7-8,11,19H,4,6,9-10H2,1H3;1H. The molecule has 0 spiro atoms. The van der Waals surface area contributed by atoms with Crippen LogP contribution in [0.2, 0.25) is 10.0 Å².